The predicted octanol–water partition coefficient (Wildman–Crippen LogP) is 12.6. The Balaban J connectivity index is 1.29. The molecule has 7 rings (SSSR count). The summed E-state index contributed by atoms with van der Waals surface area (Å²) >= 11 is 0. The van der Waals surface area contributed by atoms with E-state index >= 15 is 0 Å². The third-order valence-electron chi connectivity index (χ3n) is 10.1. The van der Waals surface area contributed by atoms with Crippen molar-refractivity contribution in [1.29, 1.82) is 0 Å². The fourth-order valence-electron chi connectivity index (χ4n) is 7.85. The Morgan fingerprint density at radius 3 is 2.19 bits per heavy atom. The van der Waals surface area contributed by atoms with E-state index in [9.17, 15) is 0 Å². The summed E-state index contributed by atoms with van der Waals surface area (Å²) in [5.74, 6) is 2.42. The highest BCUT2D eigenvalue weighted by Crippen LogP contribution is 2.45. The van der Waals surface area contributed by atoms with Crippen LogP contribution in [0.1, 0.15) is 96.0 Å². The summed E-state index contributed by atoms with van der Waals surface area (Å²) in [6, 6.07) is 29.7. The lowest BCUT2D eigenvalue weighted by molar-refractivity contribution is 0.483. The molecule has 0 aliphatic carbocycles. The van der Waals surface area contributed by atoms with Gasteiger partial charge in [-0.25, -0.2) is 9.67 Å². The van der Waals surface area contributed by atoms with Gasteiger partial charge in [0.25, 0.3) is 0 Å². The molecule has 0 radical (unpaired) electrons. The second-order valence-electron chi connectivity index (χ2n) is 16.3. The van der Waals surface area contributed by atoms with Gasteiger partial charge in [0.1, 0.15) is 17.3 Å². The zero-order valence-electron chi connectivity index (χ0n) is 32.3. The molecular weight excluding hydrogens is 637 g/mol. The van der Waals surface area contributed by atoms with Crippen LogP contribution < -0.4 is 4.74 Å². The van der Waals surface area contributed by atoms with Crippen molar-refractivity contribution in [2.24, 2.45) is 0 Å². The Labute approximate surface area is 309 Å². The van der Waals surface area contributed by atoms with E-state index < -0.39 is 0 Å². The summed E-state index contributed by atoms with van der Waals surface area (Å²) < 4.78 is 10.8. The zero-order valence-corrected chi connectivity index (χ0v) is 32.3. The lowest BCUT2D eigenvalue weighted by Crippen LogP contribution is -2.23. The first-order valence-corrected chi connectivity index (χ1v) is 18.9. The van der Waals surface area contributed by atoms with Crippen molar-refractivity contribution in [1.82, 2.24) is 19.3 Å². The van der Waals surface area contributed by atoms with Gasteiger partial charge in [0.2, 0.25) is 0 Å². The summed E-state index contributed by atoms with van der Waals surface area (Å²) in [5.41, 5.74) is 12.6. The van der Waals surface area contributed by atoms with Crippen molar-refractivity contribution < 1.29 is 4.74 Å². The first kappa shape index (κ1) is 35.3. The van der Waals surface area contributed by atoms with Gasteiger partial charge in [-0.1, -0.05) is 98.6 Å². The standard InChI is InChI=1S/C47H52N4O/c1-10-15-32-26-40(46(4,5)6)44(45(47(7,8)9)37(32)16-11-2)33-29-49-50(30-33)34-17-14-18-35(27-34)52-36-21-22-39-38-19-12-13-20-41(38)51(42(39)28-36)43-25-31(3)23-24-48-43/h12-14,17-30H,10-11,15-16H2,1-9H3. The molecule has 4 aromatic carbocycles. The zero-order chi connectivity index (χ0) is 36.8. The van der Waals surface area contributed by atoms with Gasteiger partial charge in [0, 0.05) is 40.9 Å². The lowest BCUT2D eigenvalue weighted by atomic mass is 9.70. The molecule has 0 bridgehead atoms. The van der Waals surface area contributed by atoms with E-state index in [0.717, 1.165) is 70.7 Å². The average Bonchev–Trinajstić information content (AvgIpc) is 3.71. The van der Waals surface area contributed by atoms with Crippen molar-refractivity contribution in [2.45, 2.75) is 98.8 Å². The van der Waals surface area contributed by atoms with E-state index in [2.05, 4.69) is 146 Å². The molecule has 0 N–H and O–H groups in total. The first-order valence-electron chi connectivity index (χ1n) is 18.9. The second-order valence-corrected chi connectivity index (χ2v) is 16.3. The molecule has 0 unspecified atom stereocenters. The molecule has 0 amide bonds. The van der Waals surface area contributed by atoms with Crippen molar-refractivity contribution in [3.63, 3.8) is 0 Å². The molecule has 0 aliphatic heterocycles. The highest BCUT2D eigenvalue weighted by atomic mass is 16.5. The number of rotatable bonds is 9. The molecule has 7 aromatic rings. The van der Waals surface area contributed by atoms with Gasteiger partial charge in [0.05, 0.1) is 22.9 Å². The number of aryl methyl sites for hydroxylation is 2. The molecular formula is C47H52N4O. The molecule has 5 heteroatoms. The first-order chi connectivity index (χ1) is 24.9. The van der Waals surface area contributed by atoms with Gasteiger partial charge in [-0.05, 0) is 106 Å². The Kier molecular flexibility index (Phi) is 9.33. The number of hydrogen-bond donors (Lipinski definition) is 0. The van der Waals surface area contributed by atoms with Gasteiger partial charge >= 0.3 is 0 Å². The number of pyridine rings is 1. The minimum absolute atomic E-state index is 0.0261. The van der Waals surface area contributed by atoms with Gasteiger partial charge < -0.3 is 4.74 Å². The lowest BCUT2D eigenvalue weighted by Gasteiger charge is -2.34. The highest BCUT2D eigenvalue weighted by molar-refractivity contribution is 6.09. The number of aromatic nitrogens is 4. The Bertz CT molecular complexity index is 2400. The minimum atomic E-state index is -0.0271. The van der Waals surface area contributed by atoms with Crippen LogP contribution in [0.4, 0.5) is 0 Å². The molecule has 0 spiro atoms. The maximum absolute atomic E-state index is 6.58. The third-order valence-corrected chi connectivity index (χ3v) is 10.1. The van der Waals surface area contributed by atoms with Crippen molar-refractivity contribution in [2.75, 3.05) is 0 Å². The van der Waals surface area contributed by atoms with Crippen molar-refractivity contribution >= 4 is 21.8 Å². The van der Waals surface area contributed by atoms with Crippen LogP contribution in [0.3, 0.4) is 0 Å². The molecule has 0 aliphatic rings. The number of ether oxygens (including phenoxy) is 1. The van der Waals surface area contributed by atoms with Crippen LogP contribution in [-0.2, 0) is 23.7 Å². The van der Waals surface area contributed by atoms with E-state index in [1.54, 1.807) is 0 Å². The van der Waals surface area contributed by atoms with E-state index in [-0.39, 0.29) is 10.8 Å². The smallest absolute Gasteiger partial charge is 0.137 e. The number of hydrogen-bond acceptors (Lipinski definition) is 3. The largest absolute Gasteiger partial charge is 0.457 e. The van der Waals surface area contributed by atoms with E-state index in [1.165, 1.54) is 38.8 Å². The molecule has 266 valence electrons. The van der Waals surface area contributed by atoms with Gasteiger partial charge in [0.15, 0.2) is 0 Å². The van der Waals surface area contributed by atoms with Crippen LogP contribution in [0.15, 0.2) is 104 Å². The monoisotopic (exact) mass is 688 g/mol. The van der Waals surface area contributed by atoms with Crippen molar-refractivity contribution in [3.05, 3.63) is 131 Å². The summed E-state index contributed by atoms with van der Waals surface area (Å²) in [6.07, 6.45) is 10.6. The summed E-state index contributed by atoms with van der Waals surface area (Å²) in [4.78, 5) is 4.74. The molecule has 0 saturated heterocycles. The normalized spacial score (nSPS) is 12.2. The number of benzene rings is 4. The third kappa shape index (κ3) is 6.65. The molecule has 3 aromatic heterocycles. The number of nitrogens with zero attached hydrogens (tertiary/aromatic N) is 4. The summed E-state index contributed by atoms with van der Waals surface area (Å²) in [5, 5.41) is 7.31. The predicted molar refractivity (Wildman–Crippen MR) is 218 cm³/mol. The molecule has 5 nitrogen and oxygen atoms in total. The number of fused-ring (bicyclic) bond motifs is 3. The van der Waals surface area contributed by atoms with Crippen LogP contribution in [0.25, 0.3) is 44.4 Å². The SMILES string of the molecule is CCCc1cc(C(C)(C)C)c(-c2cnn(-c3cccc(Oc4ccc5c6ccccc6n(-c6cc(C)ccn6)c5c4)c3)c2)c(C(C)(C)C)c1CCC. The fourth-order valence-corrected chi connectivity index (χ4v) is 7.85. The van der Waals surface area contributed by atoms with Crippen LogP contribution in [-0.4, -0.2) is 19.3 Å². The molecule has 0 saturated carbocycles. The fraction of sp³-hybridized carbons (Fsp3) is 0.319. The van der Waals surface area contributed by atoms with Crippen LogP contribution in [0.5, 0.6) is 11.5 Å². The summed E-state index contributed by atoms with van der Waals surface area (Å²) in [6.45, 7) is 20.8. The van der Waals surface area contributed by atoms with Crippen LogP contribution >= 0.6 is 0 Å². The molecule has 52 heavy (non-hydrogen) atoms. The maximum atomic E-state index is 6.58. The van der Waals surface area contributed by atoms with Gasteiger partial charge in [-0.3, -0.25) is 4.57 Å². The Hall–Kier alpha value is -5.16. The minimum Gasteiger partial charge on any atom is -0.457 e. The van der Waals surface area contributed by atoms with Crippen molar-refractivity contribution in [3.8, 4) is 34.1 Å². The second kappa shape index (κ2) is 13.8. The maximum Gasteiger partial charge on any atom is 0.137 e. The Morgan fingerprint density at radius 2 is 1.46 bits per heavy atom. The number of para-hydroxylation sites is 1. The average molecular weight is 689 g/mol. The van der Waals surface area contributed by atoms with Crippen LogP contribution in [0.2, 0.25) is 0 Å². The van der Waals surface area contributed by atoms with E-state index in [4.69, 9.17) is 14.8 Å². The van der Waals surface area contributed by atoms with Gasteiger partial charge in [-0.2, -0.15) is 5.10 Å². The summed E-state index contributed by atoms with van der Waals surface area (Å²) in [7, 11) is 0. The Morgan fingerprint density at radius 1 is 0.712 bits per heavy atom. The highest BCUT2D eigenvalue weighted by Gasteiger charge is 2.31. The topological polar surface area (TPSA) is 44.9 Å². The molecule has 3 heterocycles. The van der Waals surface area contributed by atoms with Gasteiger partial charge in [-0.15, -0.1) is 0 Å². The quantitative estimate of drug-likeness (QED) is 0.152. The van der Waals surface area contributed by atoms with E-state index in [1.807, 2.05) is 29.1 Å². The molecule has 0 fully saturated rings. The van der Waals surface area contributed by atoms with E-state index in [0.29, 0.717) is 0 Å². The molecule has 0 atom stereocenters. The van der Waals surface area contributed by atoms with Crippen LogP contribution in [0, 0.1) is 6.92 Å².